The molecule has 2 rings (SSSR count). The predicted molar refractivity (Wildman–Crippen MR) is 82.5 cm³/mol. The highest BCUT2D eigenvalue weighted by molar-refractivity contribution is 6.34. The van der Waals surface area contributed by atoms with Crippen LogP contribution in [-0.2, 0) is 4.79 Å². The summed E-state index contributed by atoms with van der Waals surface area (Å²) in [5.74, 6) is -0.0357. The van der Waals surface area contributed by atoms with E-state index in [2.05, 4.69) is 15.6 Å². The smallest absolute Gasteiger partial charge is 0.224 e. The molecule has 4 nitrogen and oxygen atoms in total. The Morgan fingerprint density at radius 2 is 2.30 bits per heavy atom. The van der Waals surface area contributed by atoms with E-state index in [1.165, 1.54) is 12.8 Å². The lowest BCUT2D eigenvalue weighted by Gasteiger charge is -2.23. The van der Waals surface area contributed by atoms with Crippen molar-refractivity contribution in [2.75, 3.05) is 11.9 Å². The number of aromatic nitrogens is 1. The molecule has 1 saturated heterocycles. The van der Waals surface area contributed by atoms with E-state index >= 15 is 0 Å². The zero-order chi connectivity index (χ0) is 14.5. The minimum absolute atomic E-state index is 0.0357. The van der Waals surface area contributed by atoms with Crippen molar-refractivity contribution < 1.29 is 4.79 Å². The van der Waals surface area contributed by atoms with Crippen LogP contribution in [0.25, 0.3) is 0 Å². The van der Waals surface area contributed by atoms with Gasteiger partial charge in [0.1, 0.15) is 5.15 Å². The summed E-state index contributed by atoms with van der Waals surface area (Å²) in [5.41, 5.74) is 1.37. The van der Waals surface area contributed by atoms with Crippen LogP contribution in [-0.4, -0.2) is 23.5 Å². The van der Waals surface area contributed by atoms with Gasteiger partial charge in [0, 0.05) is 12.5 Å². The number of pyridine rings is 1. The number of hydrogen-bond donors (Lipinski definition) is 2. The van der Waals surface area contributed by atoms with Crippen LogP contribution in [0.2, 0.25) is 10.3 Å². The Kier molecular flexibility index (Phi) is 5.64. The molecule has 1 aliphatic heterocycles. The molecule has 6 heteroatoms. The lowest BCUT2D eigenvalue weighted by Crippen LogP contribution is -2.34. The molecule has 0 aliphatic carbocycles. The van der Waals surface area contributed by atoms with Crippen LogP contribution in [0.15, 0.2) is 6.07 Å². The second-order valence-electron chi connectivity index (χ2n) is 5.16. The van der Waals surface area contributed by atoms with Crippen LogP contribution in [0, 0.1) is 6.92 Å². The number of anilines is 1. The fourth-order valence-corrected chi connectivity index (χ4v) is 3.00. The van der Waals surface area contributed by atoms with Crippen LogP contribution in [0.5, 0.6) is 0 Å². The third-order valence-electron chi connectivity index (χ3n) is 3.54. The van der Waals surface area contributed by atoms with Gasteiger partial charge in [-0.2, -0.15) is 0 Å². The largest absolute Gasteiger partial charge is 0.323 e. The van der Waals surface area contributed by atoms with Crippen LogP contribution in [0.4, 0.5) is 5.69 Å². The summed E-state index contributed by atoms with van der Waals surface area (Å²) in [6, 6.07) is 2.14. The minimum Gasteiger partial charge on any atom is -0.323 e. The summed E-state index contributed by atoms with van der Waals surface area (Å²) in [6.45, 7) is 2.90. The fourth-order valence-electron chi connectivity index (χ4n) is 2.42. The topological polar surface area (TPSA) is 54.0 Å². The first-order valence-corrected chi connectivity index (χ1v) is 7.67. The molecule has 0 saturated carbocycles. The first-order chi connectivity index (χ1) is 9.56. The molecule has 1 atom stereocenters. The number of nitrogens with zero attached hydrogens (tertiary/aromatic N) is 1. The van der Waals surface area contributed by atoms with Crippen molar-refractivity contribution in [3.8, 4) is 0 Å². The first-order valence-electron chi connectivity index (χ1n) is 6.92. The zero-order valence-electron chi connectivity index (χ0n) is 11.5. The normalized spacial score (nSPS) is 18.9. The van der Waals surface area contributed by atoms with Gasteiger partial charge in [-0.15, -0.1) is 0 Å². The van der Waals surface area contributed by atoms with Crippen molar-refractivity contribution in [3.63, 3.8) is 0 Å². The standard InChI is InChI=1S/C14H19Cl2N3O/c1-9-8-11(15)18-14(16)13(9)19-12(20)6-5-10-4-2-3-7-17-10/h8,10,17H,2-7H2,1H3,(H,19,20). The molecule has 2 N–H and O–H groups in total. The van der Waals surface area contributed by atoms with E-state index in [4.69, 9.17) is 23.2 Å². The number of nitrogens with one attached hydrogen (secondary N) is 2. The average Bonchev–Trinajstić information content (AvgIpc) is 2.42. The predicted octanol–water partition coefficient (Wildman–Crippen LogP) is 3.56. The summed E-state index contributed by atoms with van der Waals surface area (Å²) in [5, 5.41) is 6.82. The number of hydrogen-bond acceptors (Lipinski definition) is 3. The van der Waals surface area contributed by atoms with Crippen molar-refractivity contribution in [2.24, 2.45) is 0 Å². The Labute approximate surface area is 129 Å². The second-order valence-corrected chi connectivity index (χ2v) is 5.91. The maximum absolute atomic E-state index is 12.0. The maximum atomic E-state index is 12.0. The van der Waals surface area contributed by atoms with E-state index in [0.717, 1.165) is 24.9 Å². The Hall–Kier alpha value is -0.840. The van der Waals surface area contributed by atoms with Crippen molar-refractivity contribution in [1.29, 1.82) is 0 Å². The second kappa shape index (κ2) is 7.25. The molecule has 1 aromatic rings. The highest BCUT2D eigenvalue weighted by Gasteiger charge is 2.15. The number of rotatable bonds is 4. The molecule has 1 amide bonds. The van der Waals surface area contributed by atoms with Gasteiger partial charge in [-0.25, -0.2) is 4.98 Å². The van der Waals surface area contributed by atoms with Gasteiger partial charge >= 0.3 is 0 Å². The summed E-state index contributed by atoms with van der Waals surface area (Å²) in [4.78, 5) is 15.9. The summed E-state index contributed by atoms with van der Waals surface area (Å²) >= 11 is 11.8. The van der Waals surface area contributed by atoms with E-state index in [-0.39, 0.29) is 11.1 Å². The number of piperidine rings is 1. The minimum atomic E-state index is -0.0357. The molecule has 1 unspecified atom stereocenters. The first kappa shape index (κ1) is 15.5. The average molecular weight is 316 g/mol. The molecule has 1 aliphatic rings. The molecule has 1 fully saturated rings. The van der Waals surface area contributed by atoms with Gasteiger partial charge in [-0.05, 0) is 44.4 Å². The Bertz CT molecular complexity index is 464. The number of carbonyl (C=O) groups is 1. The van der Waals surface area contributed by atoms with Gasteiger partial charge in [-0.3, -0.25) is 4.79 Å². The molecule has 2 heterocycles. The van der Waals surface area contributed by atoms with Gasteiger partial charge in [0.2, 0.25) is 5.91 Å². The van der Waals surface area contributed by atoms with Crippen molar-refractivity contribution in [1.82, 2.24) is 10.3 Å². The lowest BCUT2D eigenvalue weighted by molar-refractivity contribution is -0.116. The van der Waals surface area contributed by atoms with Gasteiger partial charge in [0.15, 0.2) is 5.15 Å². The molecule has 0 radical (unpaired) electrons. The molecule has 0 aromatic carbocycles. The Balaban J connectivity index is 1.88. The molecule has 20 heavy (non-hydrogen) atoms. The molecular weight excluding hydrogens is 297 g/mol. The third kappa shape index (κ3) is 4.33. The van der Waals surface area contributed by atoms with Crippen LogP contribution < -0.4 is 10.6 Å². The monoisotopic (exact) mass is 315 g/mol. The van der Waals surface area contributed by atoms with E-state index in [1.54, 1.807) is 6.07 Å². The fraction of sp³-hybridized carbons (Fsp3) is 0.571. The highest BCUT2D eigenvalue weighted by atomic mass is 35.5. The van der Waals surface area contributed by atoms with Crippen LogP contribution in [0.1, 0.15) is 37.7 Å². The van der Waals surface area contributed by atoms with Gasteiger partial charge in [-0.1, -0.05) is 29.6 Å². The van der Waals surface area contributed by atoms with Gasteiger partial charge in [0.25, 0.3) is 0 Å². The molecular formula is C14H19Cl2N3O. The van der Waals surface area contributed by atoms with Crippen molar-refractivity contribution in [3.05, 3.63) is 21.9 Å². The summed E-state index contributed by atoms with van der Waals surface area (Å²) in [7, 11) is 0. The third-order valence-corrected chi connectivity index (χ3v) is 4.00. The zero-order valence-corrected chi connectivity index (χ0v) is 13.0. The van der Waals surface area contributed by atoms with Crippen LogP contribution in [0.3, 0.4) is 0 Å². The lowest BCUT2D eigenvalue weighted by atomic mass is 10.0. The number of amides is 1. The SMILES string of the molecule is Cc1cc(Cl)nc(Cl)c1NC(=O)CCC1CCCCN1. The molecule has 0 spiro atoms. The molecule has 0 bridgehead atoms. The maximum Gasteiger partial charge on any atom is 0.224 e. The van der Waals surface area contributed by atoms with Crippen molar-refractivity contribution in [2.45, 2.75) is 45.1 Å². The summed E-state index contributed by atoms with van der Waals surface area (Å²) < 4.78 is 0. The number of aryl methyl sites for hydroxylation is 1. The quantitative estimate of drug-likeness (QED) is 0.835. The molecule has 1 aromatic heterocycles. The van der Waals surface area contributed by atoms with Gasteiger partial charge in [0.05, 0.1) is 5.69 Å². The number of halogens is 2. The molecule has 110 valence electrons. The number of carbonyl (C=O) groups excluding carboxylic acids is 1. The highest BCUT2D eigenvalue weighted by Crippen LogP contribution is 2.26. The Morgan fingerprint density at radius 3 is 2.95 bits per heavy atom. The van der Waals surface area contributed by atoms with E-state index in [1.807, 2.05) is 6.92 Å². The summed E-state index contributed by atoms with van der Waals surface area (Å²) in [6.07, 6.45) is 4.95. The Morgan fingerprint density at radius 1 is 1.50 bits per heavy atom. The van der Waals surface area contributed by atoms with Crippen LogP contribution >= 0.6 is 23.2 Å². The van der Waals surface area contributed by atoms with E-state index in [9.17, 15) is 4.79 Å². The van der Waals surface area contributed by atoms with E-state index < -0.39 is 0 Å². The van der Waals surface area contributed by atoms with E-state index in [0.29, 0.717) is 23.3 Å². The van der Waals surface area contributed by atoms with Gasteiger partial charge < -0.3 is 10.6 Å². The van der Waals surface area contributed by atoms with Crippen molar-refractivity contribution >= 4 is 34.8 Å².